The van der Waals surface area contributed by atoms with Crippen molar-refractivity contribution in [1.82, 2.24) is 0 Å². The van der Waals surface area contributed by atoms with E-state index >= 15 is 0 Å². The molecule has 0 spiro atoms. The smallest absolute Gasteiger partial charge is 0.338 e. The fourth-order valence-corrected chi connectivity index (χ4v) is 3.25. The van der Waals surface area contributed by atoms with Gasteiger partial charge < -0.3 is 55.4 Å². The van der Waals surface area contributed by atoms with Gasteiger partial charge in [-0.05, 0) is 24.3 Å². The van der Waals surface area contributed by atoms with Crippen molar-refractivity contribution in [1.29, 1.82) is 0 Å². The maximum absolute atomic E-state index is 12.4. The highest BCUT2D eigenvalue weighted by Gasteiger charge is 2.47. The van der Waals surface area contributed by atoms with E-state index < -0.39 is 94.5 Å². The number of hydrogen-bond acceptors (Lipinski definition) is 13. The molecule has 13 heteroatoms. The van der Waals surface area contributed by atoms with Crippen LogP contribution in [0.2, 0.25) is 0 Å². The third kappa shape index (κ3) is 4.64. The Morgan fingerprint density at radius 2 is 1.06 bits per heavy atom. The van der Waals surface area contributed by atoms with Crippen LogP contribution in [0.1, 0.15) is 27.1 Å². The van der Waals surface area contributed by atoms with E-state index in [1.54, 1.807) is 0 Å². The van der Waals surface area contributed by atoms with Gasteiger partial charge in [-0.2, -0.15) is 0 Å². The number of aliphatic hydroxyl groups excluding tert-OH is 3. The van der Waals surface area contributed by atoms with Gasteiger partial charge in [0.1, 0.15) is 18.3 Å². The first-order valence-corrected chi connectivity index (χ1v) is 9.36. The minimum Gasteiger partial charge on any atom is -0.504 e. The summed E-state index contributed by atoms with van der Waals surface area (Å²) in [7, 11) is 0. The van der Waals surface area contributed by atoms with Crippen LogP contribution >= 0.6 is 0 Å². The molecule has 1 saturated carbocycles. The molecule has 2 aromatic rings. The molecule has 0 saturated heterocycles. The summed E-state index contributed by atoms with van der Waals surface area (Å²) in [6, 6.07) is 3.05. The lowest BCUT2D eigenvalue weighted by Crippen LogP contribution is -2.58. The van der Waals surface area contributed by atoms with E-state index in [1.807, 2.05) is 0 Å². The van der Waals surface area contributed by atoms with Gasteiger partial charge in [-0.1, -0.05) is 0 Å². The number of aliphatic hydroxyl groups is 3. The maximum atomic E-state index is 12.4. The van der Waals surface area contributed by atoms with Gasteiger partial charge in [-0.15, -0.1) is 0 Å². The van der Waals surface area contributed by atoms with Crippen LogP contribution in [0.4, 0.5) is 0 Å². The highest BCUT2D eigenvalue weighted by Crippen LogP contribution is 2.37. The molecule has 178 valence electrons. The Morgan fingerprint density at radius 1 is 0.667 bits per heavy atom. The average molecular weight is 468 g/mol. The minimum atomic E-state index is -1.85. The van der Waals surface area contributed by atoms with Crippen LogP contribution in [-0.2, 0) is 9.47 Å². The number of hydrogen-bond donors (Lipinski definition) is 9. The lowest BCUT2D eigenvalue weighted by molar-refractivity contribution is -0.178. The molecule has 0 aliphatic heterocycles. The van der Waals surface area contributed by atoms with Crippen LogP contribution in [0.3, 0.4) is 0 Å². The molecule has 0 radical (unpaired) electrons. The van der Waals surface area contributed by atoms with Crippen molar-refractivity contribution in [2.75, 3.05) is 0 Å². The molecule has 2 aromatic carbocycles. The second-order valence-electron chi connectivity index (χ2n) is 7.32. The maximum Gasteiger partial charge on any atom is 0.338 e. The first-order valence-electron chi connectivity index (χ1n) is 9.36. The Kier molecular flexibility index (Phi) is 6.39. The van der Waals surface area contributed by atoms with E-state index in [9.17, 15) is 55.5 Å². The largest absolute Gasteiger partial charge is 0.504 e. The topological polar surface area (TPSA) is 235 Å². The van der Waals surface area contributed by atoms with E-state index in [2.05, 4.69) is 0 Å². The van der Waals surface area contributed by atoms with E-state index in [1.165, 1.54) is 0 Å². The Hall–Kier alpha value is -3.94. The SMILES string of the molecule is O=C(OC1CC(O)C(O)C(OC(=O)c2cc(O)c(O)c(O)c2)C1O)c1cc(O)c(O)c(O)c1. The van der Waals surface area contributed by atoms with E-state index in [4.69, 9.17) is 9.47 Å². The Bertz CT molecular complexity index is 1040. The van der Waals surface area contributed by atoms with Crippen LogP contribution in [0, 0.1) is 0 Å². The van der Waals surface area contributed by atoms with E-state index in [0.29, 0.717) is 0 Å². The number of carbonyl (C=O) groups is 2. The Morgan fingerprint density at radius 3 is 1.48 bits per heavy atom. The number of phenolic OH excluding ortho intramolecular Hbond substituents is 6. The molecule has 0 amide bonds. The van der Waals surface area contributed by atoms with Crippen molar-refractivity contribution in [2.24, 2.45) is 0 Å². The zero-order valence-electron chi connectivity index (χ0n) is 16.6. The van der Waals surface area contributed by atoms with Crippen LogP contribution in [0.15, 0.2) is 24.3 Å². The summed E-state index contributed by atoms with van der Waals surface area (Å²) in [5.74, 6) is -7.57. The van der Waals surface area contributed by atoms with Gasteiger partial charge in [0, 0.05) is 6.42 Å². The van der Waals surface area contributed by atoms with Crippen LogP contribution in [0.25, 0.3) is 0 Å². The van der Waals surface area contributed by atoms with Crippen molar-refractivity contribution in [2.45, 2.75) is 36.9 Å². The second-order valence-corrected chi connectivity index (χ2v) is 7.32. The minimum absolute atomic E-state index is 0.417. The highest BCUT2D eigenvalue weighted by molar-refractivity contribution is 5.92. The summed E-state index contributed by atoms with van der Waals surface area (Å²) in [4.78, 5) is 24.7. The van der Waals surface area contributed by atoms with Gasteiger partial charge in [-0.25, -0.2) is 9.59 Å². The Balaban J connectivity index is 1.78. The third-order valence-electron chi connectivity index (χ3n) is 5.03. The molecule has 0 aromatic heterocycles. The first-order chi connectivity index (χ1) is 15.4. The quantitative estimate of drug-likeness (QED) is 0.197. The number of phenols is 6. The number of ether oxygens (including phenoxy) is 2. The molecular formula is C20H20O13. The normalized spacial score (nSPS) is 24.8. The standard InChI is InChI=1S/C20H20O13/c21-8-1-6(2-9(22)14(8)26)19(30)32-13-5-12(25)16(28)18(17(13)29)33-20(31)7-3-10(23)15(27)11(24)4-7/h1-4,12-13,16-18,21-29H,5H2. The summed E-state index contributed by atoms with van der Waals surface area (Å²) < 4.78 is 10.0. The molecular weight excluding hydrogens is 448 g/mol. The van der Waals surface area contributed by atoms with Crippen molar-refractivity contribution < 1.29 is 65.0 Å². The third-order valence-corrected chi connectivity index (χ3v) is 5.03. The lowest BCUT2D eigenvalue weighted by Gasteiger charge is -2.39. The number of rotatable bonds is 4. The number of esters is 2. The second kappa shape index (κ2) is 8.90. The first kappa shape index (κ1) is 23.7. The van der Waals surface area contributed by atoms with Gasteiger partial charge in [-0.3, -0.25) is 0 Å². The van der Waals surface area contributed by atoms with Crippen molar-refractivity contribution >= 4 is 11.9 Å². The Labute approximate surface area is 184 Å². The van der Waals surface area contributed by atoms with Gasteiger partial charge >= 0.3 is 11.9 Å². The van der Waals surface area contributed by atoms with Crippen molar-refractivity contribution in [3.05, 3.63) is 35.4 Å². The van der Waals surface area contributed by atoms with Crippen LogP contribution in [0.5, 0.6) is 34.5 Å². The molecule has 5 unspecified atom stereocenters. The molecule has 13 nitrogen and oxygen atoms in total. The van der Waals surface area contributed by atoms with E-state index in [0.717, 1.165) is 24.3 Å². The summed E-state index contributed by atoms with van der Waals surface area (Å²) >= 11 is 0. The predicted molar refractivity (Wildman–Crippen MR) is 104 cm³/mol. The molecule has 1 fully saturated rings. The molecule has 3 rings (SSSR count). The number of benzene rings is 2. The zero-order valence-corrected chi connectivity index (χ0v) is 16.6. The van der Waals surface area contributed by atoms with Crippen molar-refractivity contribution in [3.8, 4) is 34.5 Å². The zero-order chi connectivity index (χ0) is 24.6. The summed E-state index contributed by atoms with van der Waals surface area (Å²) in [5.41, 5.74) is -0.884. The van der Waals surface area contributed by atoms with Gasteiger partial charge in [0.05, 0.1) is 17.2 Å². The fraction of sp³-hybridized carbons (Fsp3) is 0.300. The molecule has 0 bridgehead atoms. The fourth-order valence-electron chi connectivity index (χ4n) is 3.25. The van der Waals surface area contributed by atoms with Gasteiger partial charge in [0.2, 0.25) is 0 Å². The van der Waals surface area contributed by atoms with Gasteiger partial charge in [0.25, 0.3) is 0 Å². The summed E-state index contributed by atoms with van der Waals surface area (Å²) in [5, 5.41) is 87.6. The molecule has 5 atom stereocenters. The molecule has 33 heavy (non-hydrogen) atoms. The predicted octanol–water partition coefficient (Wildman–Crippen LogP) is -0.842. The van der Waals surface area contributed by atoms with Crippen molar-refractivity contribution in [3.63, 3.8) is 0 Å². The number of carbonyl (C=O) groups excluding carboxylic acids is 2. The monoisotopic (exact) mass is 468 g/mol. The van der Waals surface area contributed by atoms with Gasteiger partial charge in [0.15, 0.2) is 40.6 Å². The summed E-state index contributed by atoms with van der Waals surface area (Å²) in [6.07, 6.45) is -9.09. The molecule has 1 aliphatic rings. The summed E-state index contributed by atoms with van der Waals surface area (Å²) in [6.45, 7) is 0. The van der Waals surface area contributed by atoms with Crippen LogP contribution < -0.4 is 0 Å². The van der Waals surface area contributed by atoms with E-state index in [-0.39, 0.29) is 0 Å². The molecule has 0 heterocycles. The molecule has 1 aliphatic carbocycles. The molecule has 9 N–H and O–H groups in total. The lowest BCUT2D eigenvalue weighted by atomic mass is 9.87. The highest BCUT2D eigenvalue weighted by atomic mass is 16.6. The van der Waals surface area contributed by atoms with Crippen LogP contribution in [-0.4, -0.2) is 88.4 Å². The average Bonchev–Trinajstić information content (AvgIpc) is 2.75. The number of aromatic hydroxyl groups is 6.